The van der Waals surface area contributed by atoms with Gasteiger partial charge in [-0.05, 0) is 36.6 Å². The number of benzene rings is 1. The summed E-state index contributed by atoms with van der Waals surface area (Å²) in [6, 6.07) is 8.98. The molecule has 0 radical (unpaired) electrons. The van der Waals surface area contributed by atoms with Gasteiger partial charge in [-0.1, -0.05) is 25.0 Å². The molecule has 27 heavy (non-hydrogen) atoms. The number of rotatable bonds is 6. The number of anilines is 1. The average Bonchev–Trinajstić information content (AvgIpc) is 3.33. The number of aromatic amines is 1. The van der Waals surface area contributed by atoms with E-state index in [0.717, 1.165) is 42.1 Å². The van der Waals surface area contributed by atoms with Crippen LogP contribution in [-0.4, -0.2) is 35.9 Å². The Labute approximate surface area is 157 Å². The van der Waals surface area contributed by atoms with E-state index in [1.54, 1.807) is 18.5 Å². The number of sulfonamides is 1. The summed E-state index contributed by atoms with van der Waals surface area (Å²) in [5.41, 5.74) is 4.64. The van der Waals surface area contributed by atoms with Gasteiger partial charge in [-0.25, -0.2) is 18.1 Å². The summed E-state index contributed by atoms with van der Waals surface area (Å²) in [4.78, 5) is 4.29. The molecule has 3 aromatic rings. The van der Waals surface area contributed by atoms with Crippen molar-refractivity contribution in [2.75, 3.05) is 5.43 Å². The summed E-state index contributed by atoms with van der Waals surface area (Å²) in [5, 5.41) is 12.1. The van der Waals surface area contributed by atoms with Gasteiger partial charge in [0, 0.05) is 17.6 Å². The van der Waals surface area contributed by atoms with Crippen molar-refractivity contribution in [2.24, 2.45) is 5.10 Å². The molecule has 8 nitrogen and oxygen atoms in total. The topological polar surface area (TPSA) is 112 Å². The summed E-state index contributed by atoms with van der Waals surface area (Å²) in [5.74, 6) is 0.466. The van der Waals surface area contributed by atoms with Gasteiger partial charge in [0.15, 0.2) is 0 Å². The largest absolute Gasteiger partial charge is 0.278 e. The van der Waals surface area contributed by atoms with E-state index in [1.165, 1.54) is 12.3 Å². The molecule has 140 valence electrons. The van der Waals surface area contributed by atoms with Crippen LogP contribution in [-0.2, 0) is 10.0 Å². The zero-order valence-electron chi connectivity index (χ0n) is 14.6. The van der Waals surface area contributed by atoms with Crippen LogP contribution in [0, 0.1) is 0 Å². The van der Waals surface area contributed by atoms with Crippen molar-refractivity contribution in [2.45, 2.75) is 36.6 Å². The summed E-state index contributed by atoms with van der Waals surface area (Å²) >= 11 is 0. The van der Waals surface area contributed by atoms with Crippen LogP contribution in [0.2, 0.25) is 0 Å². The molecule has 0 spiro atoms. The molecule has 1 fully saturated rings. The number of hydrogen-bond donors (Lipinski definition) is 3. The lowest BCUT2D eigenvalue weighted by atomic mass is 10.2. The number of fused-ring (bicyclic) bond motifs is 1. The molecule has 2 heterocycles. The molecule has 3 N–H and O–H groups in total. The van der Waals surface area contributed by atoms with Gasteiger partial charge in [-0.3, -0.25) is 10.5 Å². The number of pyridine rings is 1. The molecule has 1 aliphatic rings. The number of hydrogen-bond acceptors (Lipinski definition) is 6. The van der Waals surface area contributed by atoms with Crippen LogP contribution in [0.1, 0.15) is 31.2 Å². The molecule has 0 bridgehead atoms. The quantitative estimate of drug-likeness (QED) is 0.447. The Kier molecular flexibility index (Phi) is 4.87. The summed E-state index contributed by atoms with van der Waals surface area (Å²) in [7, 11) is -3.53. The van der Waals surface area contributed by atoms with Crippen molar-refractivity contribution in [3.63, 3.8) is 0 Å². The van der Waals surface area contributed by atoms with Crippen molar-refractivity contribution in [3.05, 3.63) is 48.3 Å². The standard InChI is InChI=1S/C18H20N6O2S/c25-27(26,24-15-3-1-2-4-15)16-7-8-18(19-12-16)23-20-10-13-5-6-14-11-21-22-17(14)9-13/h5-12,15,24H,1-4H2,(H,19,23)(H,21,22)/b20-10+. The molecule has 0 atom stereocenters. The lowest BCUT2D eigenvalue weighted by Crippen LogP contribution is -2.32. The van der Waals surface area contributed by atoms with E-state index in [9.17, 15) is 8.42 Å². The molecule has 1 aliphatic carbocycles. The van der Waals surface area contributed by atoms with E-state index in [2.05, 4.69) is 30.4 Å². The second-order valence-corrected chi connectivity index (χ2v) is 8.28. The Morgan fingerprint density at radius 3 is 2.78 bits per heavy atom. The number of nitrogens with one attached hydrogen (secondary N) is 3. The van der Waals surface area contributed by atoms with Crippen LogP contribution in [0.3, 0.4) is 0 Å². The van der Waals surface area contributed by atoms with E-state index >= 15 is 0 Å². The normalized spacial score (nSPS) is 15.7. The third-order valence-corrected chi connectivity index (χ3v) is 6.09. The maximum Gasteiger partial charge on any atom is 0.242 e. The van der Waals surface area contributed by atoms with E-state index < -0.39 is 10.0 Å². The van der Waals surface area contributed by atoms with Crippen molar-refractivity contribution in [1.29, 1.82) is 0 Å². The number of hydrazone groups is 1. The van der Waals surface area contributed by atoms with E-state index in [4.69, 9.17) is 0 Å². The highest BCUT2D eigenvalue weighted by atomic mass is 32.2. The Bertz CT molecular complexity index is 1050. The van der Waals surface area contributed by atoms with Crippen LogP contribution in [0.25, 0.3) is 10.9 Å². The van der Waals surface area contributed by atoms with Gasteiger partial charge >= 0.3 is 0 Å². The predicted molar refractivity (Wildman–Crippen MR) is 104 cm³/mol. The van der Waals surface area contributed by atoms with Crippen molar-refractivity contribution >= 4 is 33.0 Å². The molecule has 0 unspecified atom stereocenters. The summed E-state index contributed by atoms with van der Waals surface area (Å²) in [6.07, 6.45) is 8.69. The first-order valence-electron chi connectivity index (χ1n) is 8.81. The summed E-state index contributed by atoms with van der Waals surface area (Å²) < 4.78 is 27.5. The molecule has 1 saturated carbocycles. The van der Waals surface area contributed by atoms with Gasteiger partial charge in [0.1, 0.15) is 10.7 Å². The Morgan fingerprint density at radius 1 is 1.15 bits per heavy atom. The molecule has 0 aliphatic heterocycles. The smallest absolute Gasteiger partial charge is 0.242 e. The summed E-state index contributed by atoms with van der Waals surface area (Å²) in [6.45, 7) is 0. The second kappa shape index (κ2) is 7.45. The molecule has 1 aromatic carbocycles. The highest BCUT2D eigenvalue weighted by Crippen LogP contribution is 2.20. The molecule has 0 saturated heterocycles. The molecule has 4 rings (SSSR count). The van der Waals surface area contributed by atoms with Gasteiger partial charge < -0.3 is 0 Å². The van der Waals surface area contributed by atoms with Gasteiger partial charge in [0.2, 0.25) is 10.0 Å². The highest BCUT2D eigenvalue weighted by Gasteiger charge is 2.23. The maximum atomic E-state index is 12.4. The highest BCUT2D eigenvalue weighted by molar-refractivity contribution is 7.89. The third kappa shape index (κ3) is 4.15. The minimum absolute atomic E-state index is 0.0320. The lowest BCUT2D eigenvalue weighted by molar-refractivity contribution is 0.552. The fourth-order valence-electron chi connectivity index (χ4n) is 3.14. The maximum absolute atomic E-state index is 12.4. The van der Waals surface area contributed by atoms with E-state index in [0.29, 0.717) is 5.82 Å². The van der Waals surface area contributed by atoms with Gasteiger partial charge in [0.25, 0.3) is 0 Å². The lowest BCUT2D eigenvalue weighted by Gasteiger charge is -2.12. The zero-order valence-corrected chi connectivity index (χ0v) is 15.4. The van der Waals surface area contributed by atoms with E-state index in [1.807, 2.05) is 18.2 Å². The fourth-order valence-corrected chi connectivity index (χ4v) is 4.39. The second-order valence-electron chi connectivity index (χ2n) is 6.57. The van der Waals surface area contributed by atoms with Crippen LogP contribution in [0.5, 0.6) is 0 Å². The van der Waals surface area contributed by atoms with Crippen LogP contribution in [0.15, 0.2) is 52.7 Å². The zero-order chi connectivity index (χ0) is 18.7. The first-order valence-corrected chi connectivity index (χ1v) is 10.3. The molecular formula is C18H20N6O2S. The Balaban J connectivity index is 1.39. The van der Waals surface area contributed by atoms with Crippen LogP contribution >= 0.6 is 0 Å². The van der Waals surface area contributed by atoms with Gasteiger partial charge in [-0.15, -0.1) is 0 Å². The van der Waals surface area contributed by atoms with Gasteiger partial charge in [0.05, 0.1) is 17.9 Å². The molecule has 0 amide bonds. The van der Waals surface area contributed by atoms with E-state index in [-0.39, 0.29) is 10.9 Å². The Hall–Kier alpha value is -2.78. The van der Waals surface area contributed by atoms with Crippen molar-refractivity contribution < 1.29 is 8.42 Å². The average molecular weight is 384 g/mol. The predicted octanol–water partition coefficient (Wildman–Crippen LogP) is 2.62. The van der Waals surface area contributed by atoms with Crippen molar-refractivity contribution in [1.82, 2.24) is 19.9 Å². The monoisotopic (exact) mass is 384 g/mol. The Morgan fingerprint density at radius 2 is 2.00 bits per heavy atom. The van der Waals surface area contributed by atoms with Gasteiger partial charge in [-0.2, -0.15) is 10.2 Å². The van der Waals surface area contributed by atoms with Crippen molar-refractivity contribution in [3.8, 4) is 0 Å². The van der Waals surface area contributed by atoms with Crippen LogP contribution in [0.4, 0.5) is 5.82 Å². The molecule has 9 heteroatoms. The van der Waals surface area contributed by atoms with Crippen LogP contribution < -0.4 is 10.1 Å². The number of nitrogens with zero attached hydrogens (tertiary/aromatic N) is 3. The number of H-pyrrole nitrogens is 1. The molecule has 2 aromatic heterocycles. The molecular weight excluding hydrogens is 364 g/mol. The number of aromatic nitrogens is 3. The fraction of sp³-hybridized carbons (Fsp3) is 0.278. The third-order valence-electron chi connectivity index (χ3n) is 4.58. The first-order chi connectivity index (χ1) is 13.1. The minimum atomic E-state index is -3.53. The minimum Gasteiger partial charge on any atom is -0.278 e. The SMILES string of the molecule is O=S(=O)(NC1CCCC1)c1ccc(N/N=C/c2ccc3cn[nH]c3c2)nc1. The first kappa shape index (κ1) is 17.6.